The number of hydrogen-bond donors (Lipinski definition) is 1. The van der Waals surface area contributed by atoms with Crippen molar-refractivity contribution in [2.24, 2.45) is 0 Å². The zero-order valence-electron chi connectivity index (χ0n) is 16.6. The topological polar surface area (TPSA) is 99.1 Å². The summed E-state index contributed by atoms with van der Waals surface area (Å²) in [5.41, 5.74) is 2.66. The fourth-order valence-corrected chi connectivity index (χ4v) is 4.84. The molecule has 1 N–H and O–H groups in total. The second-order valence-corrected chi connectivity index (χ2v) is 8.31. The first kappa shape index (κ1) is 20.3. The SMILES string of the molecule is COCc1nc(OC)c2c(C)c(C(=O)NCc3nc(-c4ccncc4)cs3)sc2n1. The molecule has 4 aromatic heterocycles. The van der Waals surface area contributed by atoms with Gasteiger partial charge in [0.15, 0.2) is 5.82 Å². The Morgan fingerprint density at radius 3 is 2.70 bits per heavy atom. The number of fused-ring (bicyclic) bond motifs is 1. The Morgan fingerprint density at radius 2 is 1.97 bits per heavy atom. The zero-order valence-corrected chi connectivity index (χ0v) is 18.3. The number of carbonyl (C=O) groups excluding carboxylic acids is 1. The normalized spacial score (nSPS) is 11.0. The van der Waals surface area contributed by atoms with Crippen LogP contribution in [0.25, 0.3) is 21.5 Å². The van der Waals surface area contributed by atoms with Crippen LogP contribution in [-0.4, -0.2) is 40.1 Å². The molecule has 8 nitrogen and oxygen atoms in total. The second-order valence-electron chi connectivity index (χ2n) is 6.36. The molecule has 4 heterocycles. The van der Waals surface area contributed by atoms with E-state index in [2.05, 4.69) is 25.3 Å². The van der Waals surface area contributed by atoms with Gasteiger partial charge in [-0.15, -0.1) is 22.7 Å². The minimum absolute atomic E-state index is 0.175. The van der Waals surface area contributed by atoms with Gasteiger partial charge in [0.1, 0.15) is 16.4 Å². The van der Waals surface area contributed by atoms with Crippen LogP contribution < -0.4 is 10.1 Å². The number of ether oxygens (including phenoxy) is 2. The molecule has 0 spiro atoms. The van der Waals surface area contributed by atoms with Crippen LogP contribution in [0.15, 0.2) is 29.9 Å². The molecule has 0 aliphatic carbocycles. The van der Waals surface area contributed by atoms with Crippen molar-refractivity contribution in [3.05, 3.63) is 51.2 Å². The van der Waals surface area contributed by atoms with Crippen LogP contribution in [0, 0.1) is 6.92 Å². The summed E-state index contributed by atoms with van der Waals surface area (Å²) in [5.74, 6) is 0.787. The maximum atomic E-state index is 12.8. The second kappa shape index (κ2) is 8.82. The number of amides is 1. The summed E-state index contributed by atoms with van der Waals surface area (Å²) in [5, 5.41) is 6.50. The van der Waals surface area contributed by atoms with Crippen molar-refractivity contribution in [1.82, 2.24) is 25.3 Å². The van der Waals surface area contributed by atoms with Crippen molar-refractivity contribution >= 4 is 38.8 Å². The van der Waals surface area contributed by atoms with Gasteiger partial charge in [0.2, 0.25) is 5.88 Å². The lowest BCUT2D eigenvalue weighted by molar-refractivity contribution is 0.0954. The van der Waals surface area contributed by atoms with Gasteiger partial charge in [-0.05, 0) is 24.6 Å². The van der Waals surface area contributed by atoms with E-state index in [4.69, 9.17) is 9.47 Å². The smallest absolute Gasteiger partial charge is 0.262 e. The van der Waals surface area contributed by atoms with E-state index < -0.39 is 0 Å². The highest BCUT2D eigenvalue weighted by atomic mass is 32.1. The Kier molecular flexibility index (Phi) is 5.98. The zero-order chi connectivity index (χ0) is 21.1. The van der Waals surface area contributed by atoms with E-state index in [1.165, 1.54) is 22.7 Å². The minimum Gasteiger partial charge on any atom is -0.480 e. The summed E-state index contributed by atoms with van der Waals surface area (Å²) in [6.07, 6.45) is 3.46. The van der Waals surface area contributed by atoms with E-state index in [1.54, 1.807) is 26.6 Å². The van der Waals surface area contributed by atoms with Crippen molar-refractivity contribution in [2.75, 3.05) is 14.2 Å². The standard InChI is InChI=1S/C20H19N5O3S2/c1-11-16-19(28-3)24-14(9-27-2)25-20(16)30-17(11)18(26)22-8-15-23-13(10-29-15)12-4-6-21-7-5-12/h4-7,10H,8-9H2,1-3H3,(H,22,26). The summed E-state index contributed by atoms with van der Waals surface area (Å²) < 4.78 is 10.5. The van der Waals surface area contributed by atoms with Gasteiger partial charge >= 0.3 is 0 Å². The van der Waals surface area contributed by atoms with Gasteiger partial charge in [-0.25, -0.2) is 9.97 Å². The van der Waals surface area contributed by atoms with Crippen LogP contribution >= 0.6 is 22.7 Å². The Bertz CT molecular complexity index is 1190. The van der Waals surface area contributed by atoms with Gasteiger partial charge in [0.05, 0.1) is 29.6 Å². The Hall–Kier alpha value is -2.95. The highest BCUT2D eigenvalue weighted by Crippen LogP contribution is 2.35. The fourth-order valence-electron chi connectivity index (χ4n) is 2.99. The van der Waals surface area contributed by atoms with Crippen molar-refractivity contribution < 1.29 is 14.3 Å². The molecule has 0 aliphatic rings. The van der Waals surface area contributed by atoms with Crippen LogP contribution in [0.3, 0.4) is 0 Å². The number of thiazole rings is 1. The highest BCUT2D eigenvalue weighted by Gasteiger charge is 2.21. The molecule has 1 amide bonds. The van der Waals surface area contributed by atoms with E-state index in [0.717, 1.165) is 27.2 Å². The number of carbonyl (C=O) groups is 1. The predicted octanol–water partition coefficient (Wildman–Crippen LogP) is 3.60. The number of aryl methyl sites for hydroxylation is 1. The van der Waals surface area contributed by atoms with Crippen molar-refractivity contribution in [1.29, 1.82) is 0 Å². The number of methoxy groups -OCH3 is 2. The van der Waals surface area contributed by atoms with E-state index in [-0.39, 0.29) is 12.5 Å². The maximum Gasteiger partial charge on any atom is 0.262 e. The number of aromatic nitrogens is 4. The Morgan fingerprint density at radius 1 is 1.17 bits per heavy atom. The molecular formula is C20H19N5O3S2. The minimum atomic E-state index is -0.175. The van der Waals surface area contributed by atoms with Gasteiger partial charge in [-0.2, -0.15) is 4.98 Å². The molecule has 0 aromatic carbocycles. The van der Waals surface area contributed by atoms with E-state index >= 15 is 0 Å². The maximum absolute atomic E-state index is 12.8. The number of nitrogens with zero attached hydrogens (tertiary/aromatic N) is 4. The van der Waals surface area contributed by atoms with Crippen LogP contribution in [0.2, 0.25) is 0 Å². The number of hydrogen-bond acceptors (Lipinski definition) is 9. The third-order valence-electron chi connectivity index (χ3n) is 4.40. The lowest BCUT2D eigenvalue weighted by Crippen LogP contribution is -2.22. The molecule has 0 unspecified atom stereocenters. The van der Waals surface area contributed by atoms with Gasteiger partial charge < -0.3 is 14.8 Å². The molecule has 30 heavy (non-hydrogen) atoms. The molecule has 0 saturated heterocycles. The number of thiophene rings is 1. The Balaban J connectivity index is 1.54. The quantitative estimate of drug-likeness (QED) is 0.468. The molecule has 4 aromatic rings. The fraction of sp³-hybridized carbons (Fsp3) is 0.250. The summed E-state index contributed by atoms with van der Waals surface area (Å²) in [4.78, 5) is 31.6. The monoisotopic (exact) mass is 441 g/mol. The number of nitrogens with one attached hydrogen (secondary N) is 1. The summed E-state index contributed by atoms with van der Waals surface area (Å²) in [7, 11) is 3.13. The van der Waals surface area contributed by atoms with E-state index in [1.807, 2.05) is 24.4 Å². The molecule has 0 bridgehead atoms. The van der Waals surface area contributed by atoms with Gasteiger partial charge in [0, 0.05) is 30.4 Å². The van der Waals surface area contributed by atoms with Crippen molar-refractivity contribution in [3.63, 3.8) is 0 Å². The lowest BCUT2D eigenvalue weighted by Gasteiger charge is -2.05. The van der Waals surface area contributed by atoms with Crippen molar-refractivity contribution in [2.45, 2.75) is 20.1 Å². The van der Waals surface area contributed by atoms with Gasteiger partial charge in [0.25, 0.3) is 5.91 Å². The van der Waals surface area contributed by atoms with Gasteiger partial charge in [-0.3, -0.25) is 9.78 Å². The van der Waals surface area contributed by atoms with Crippen molar-refractivity contribution in [3.8, 4) is 17.1 Å². The molecule has 0 radical (unpaired) electrons. The van der Waals surface area contributed by atoms with Crippen LogP contribution in [0.5, 0.6) is 5.88 Å². The van der Waals surface area contributed by atoms with E-state index in [9.17, 15) is 4.79 Å². The molecule has 4 rings (SSSR count). The molecule has 0 atom stereocenters. The highest BCUT2D eigenvalue weighted by molar-refractivity contribution is 7.20. The molecule has 0 saturated carbocycles. The third-order valence-corrected chi connectivity index (χ3v) is 6.44. The summed E-state index contributed by atoms with van der Waals surface area (Å²) in [6, 6.07) is 3.81. The predicted molar refractivity (Wildman–Crippen MR) is 116 cm³/mol. The molecule has 154 valence electrons. The number of pyridine rings is 1. The summed E-state index contributed by atoms with van der Waals surface area (Å²) >= 11 is 2.82. The first-order valence-electron chi connectivity index (χ1n) is 9.06. The lowest BCUT2D eigenvalue weighted by atomic mass is 10.2. The number of rotatable bonds is 7. The Labute approximate surface area is 181 Å². The largest absolute Gasteiger partial charge is 0.480 e. The molecule has 0 fully saturated rings. The van der Waals surface area contributed by atoms with Gasteiger partial charge in [-0.1, -0.05) is 0 Å². The molecular weight excluding hydrogens is 422 g/mol. The first-order valence-corrected chi connectivity index (χ1v) is 10.8. The van der Waals surface area contributed by atoms with E-state index in [0.29, 0.717) is 28.0 Å². The third kappa shape index (κ3) is 4.02. The summed E-state index contributed by atoms with van der Waals surface area (Å²) in [6.45, 7) is 2.50. The molecule has 10 heteroatoms. The first-order chi connectivity index (χ1) is 14.6. The van der Waals surface area contributed by atoms with Crippen LogP contribution in [0.4, 0.5) is 0 Å². The molecule has 0 aliphatic heterocycles. The van der Waals surface area contributed by atoms with Crippen LogP contribution in [0.1, 0.15) is 26.1 Å². The van der Waals surface area contributed by atoms with Crippen LogP contribution in [-0.2, 0) is 17.9 Å². The average molecular weight is 442 g/mol. The average Bonchev–Trinajstić information content (AvgIpc) is 3.37.